The molecule has 3 saturated carbocycles. The smallest absolute Gasteiger partial charge is 0.381 e. The first kappa shape index (κ1) is 86.6. The van der Waals surface area contributed by atoms with Crippen LogP contribution in [0, 0.1) is 40.9 Å². The lowest BCUT2D eigenvalue weighted by Gasteiger charge is -2.54. The van der Waals surface area contributed by atoms with Gasteiger partial charge in [0.2, 0.25) is 70.9 Å². The van der Waals surface area contributed by atoms with Gasteiger partial charge in [-0.15, -0.1) is 11.6 Å². The predicted molar refractivity (Wildman–Crippen MR) is 391 cm³/mol. The van der Waals surface area contributed by atoms with Crippen LogP contribution in [0.5, 0.6) is 0 Å². The van der Waals surface area contributed by atoms with E-state index in [1.807, 2.05) is 40.7 Å². The van der Waals surface area contributed by atoms with E-state index in [0.717, 1.165) is 30.6 Å². The zero-order valence-corrected chi connectivity index (χ0v) is 66.2. The molecule has 0 radical (unpaired) electrons. The maximum absolute atomic E-state index is 15.7. The van der Waals surface area contributed by atoms with E-state index in [1.165, 1.54) is 95.6 Å². The van der Waals surface area contributed by atoms with Crippen LogP contribution in [-0.4, -0.2) is 289 Å². The van der Waals surface area contributed by atoms with Crippen molar-refractivity contribution in [3.63, 3.8) is 0 Å². The lowest BCUT2D eigenvalue weighted by Crippen LogP contribution is -2.71. The molecule has 2 bridgehead atoms. The summed E-state index contributed by atoms with van der Waals surface area (Å²) in [6.45, 7) is 12.7. The van der Waals surface area contributed by atoms with Crippen molar-refractivity contribution in [1.29, 1.82) is 0 Å². The van der Waals surface area contributed by atoms with Crippen LogP contribution >= 0.6 is 11.6 Å². The highest BCUT2D eigenvalue weighted by atomic mass is 35.5. The number of rotatable bonds is 13. The number of amides is 12. The number of nitrogens with zero attached hydrogens (tertiary/aromatic N) is 9. The van der Waals surface area contributed by atoms with Gasteiger partial charge in [-0.25, -0.2) is 0 Å². The molecule has 26 nitrogen and oxygen atoms in total. The van der Waals surface area contributed by atoms with Gasteiger partial charge in [0.15, 0.2) is 0 Å². The van der Waals surface area contributed by atoms with E-state index < -0.39 is 185 Å². The van der Waals surface area contributed by atoms with Gasteiger partial charge in [-0.05, 0) is 132 Å². The van der Waals surface area contributed by atoms with Gasteiger partial charge in [0.05, 0.1) is 31.5 Å². The number of likely N-dealkylation sites (N-methyl/N-ethyl adjacent to an activating group) is 7. The van der Waals surface area contributed by atoms with Gasteiger partial charge < -0.3 is 69.5 Å². The highest BCUT2D eigenvalue weighted by molar-refractivity contribution is 6.21. The molecule has 4 aliphatic heterocycles. The fraction of sp³-hybridized carbons (Fsp3) is 0.816. The van der Waals surface area contributed by atoms with Gasteiger partial charge >= 0.3 is 6.18 Å². The Bertz CT molecular complexity index is 3160. The van der Waals surface area contributed by atoms with Crippen molar-refractivity contribution in [3.8, 4) is 0 Å². The largest absolute Gasteiger partial charge is 0.393 e. The summed E-state index contributed by atoms with van der Waals surface area (Å²) in [5, 5.41) is 7.62. The van der Waals surface area contributed by atoms with Crippen LogP contribution in [-0.2, 0) is 67.0 Å². The van der Waals surface area contributed by atoms with Crippen molar-refractivity contribution in [3.05, 3.63) is 12.2 Å². The van der Waals surface area contributed by atoms with Crippen molar-refractivity contribution < 1.29 is 80.2 Å². The van der Waals surface area contributed by atoms with Crippen molar-refractivity contribution in [2.45, 2.75) is 255 Å². The first-order chi connectivity index (χ1) is 49.7. The van der Waals surface area contributed by atoms with E-state index >= 15 is 33.6 Å². The standard InChI is InChI=1S/C76H122ClF3N12O14/c1-16-21-55-65(96)82-64(50-31-34-105-35-32-50)72(103)86(11)43-63(95)88(13)56-22-19-18-20-33-91(71(56)102)60(38-49-25-23-47(5)24-26-49)69(100)85(10)42-61(93)81-54(30-28-48-27-29-52(53(77)37-48)76(78,79)80)67(98)92-41-51(106-17-2)39-57(92)66(97)83-75(44-74(6,7)45-75)73(104)90(15)58(36-46(3)4)70(101)89(14)59(68(99)84(8)9)40-62(94)87(55)12/h18-19,46-60,64H,16-17,20-45H2,1-15H3,(H,81,93)(H,82,96)(H,83,97)/b19-18-/t47?,48?,49?,51-,52?,53?,54+,55+,56+,57+,58+,59+,60+,64+/m1/s1. The van der Waals surface area contributed by atoms with Crippen LogP contribution in [0.25, 0.3) is 0 Å². The molecule has 3 N–H and O–H groups in total. The Morgan fingerprint density at radius 1 is 0.689 bits per heavy atom. The summed E-state index contributed by atoms with van der Waals surface area (Å²) in [6, 6.07) is -10.3. The van der Waals surface area contributed by atoms with Crippen LogP contribution in [0.3, 0.4) is 0 Å². The molecule has 1 spiro atoms. The molecule has 106 heavy (non-hydrogen) atoms. The van der Waals surface area contributed by atoms with E-state index in [9.17, 15) is 37.1 Å². The number of carbonyl (C=O) groups is 12. The molecule has 0 aromatic rings. The third-order valence-corrected chi connectivity index (χ3v) is 23.9. The molecule has 30 heteroatoms. The number of nitrogens with one attached hydrogen (secondary N) is 3. The topological polar surface area (TPSA) is 289 Å². The Kier molecular flexibility index (Phi) is 30.8. The van der Waals surface area contributed by atoms with E-state index in [1.54, 1.807) is 13.0 Å². The number of carbonyl (C=O) groups excluding carboxylic acids is 12. The van der Waals surface area contributed by atoms with Crippen LogP contribution in [0.15, 0.2) is 12.2 Å². The molecule has 7 aliphatic rings. The number of halogens is 4. The van der Waals surface area contributed by atoms with Gasteiger partial charge in [-0.1, -0.05) is 85.8 Å². The molecule has 6 fully saturated rings. The van der Waals surface area contributed by atoms with Gasteiger partial charge in [0.25, 0.3) is 0 Å². The van der Waals surface area contributed by atoms with Crippen LogP contribution < -0.4 is 16.0 Å². The Morgan fingerprint density at radius 2 is 1.33 bits per heavy atom. The zero-order chi connectivity index (χ0) is 78.6. The number of hydrogen-bond donors (Lipinski definition) is 3. The lowest BCUT2D eigenvalue weighted by atomic mass is 9.58. The Labute approximate surface area is 630 Å². The van der Waals surface area contributed by atoms with Crippen LogP contribution in [0.4, 0.5) is 13.2 Å². The Morgan fingerprint density at radius 3 is 1.92 bits per heavy atom. The molecule has 12 amide bonds. The number of alkyl halides is 4. The fourth-order valence-corrected chi connectivity index (χ4v) is 17.8. The normalized spacial score (nSPS) is 31.8. The molecule has 4 heterocycles. The second-order valence-corrected chi connectivity index (χ2v) is 33.5. The zero-order valence-electron chi connectivity index (χ0n) is 65.4. The highest BCUT2D eigenvalue weighted by Crippen LogP contribution is 2.50. The van der Waals surface area contributed by atoms with E-state index in [-0.39, 0.29) is 122 Å². The molecule has 7 rings (SSSR count). The first-order valence-electron chi connectivity index (χ1n) is 38.6. The van der Waals surface area contributed by atoms with Crippen LogP contribution in [0.1, 0.15) is 183 Å². The van der Waals surface area contributed by atoms with Gasteiger partial charge in [0, 0.05) is 101 Å². The lowest BCUT2D eigenvalue weighted by molar-refractivity contribution is -0.182. The summed E-state index contributed by atoms with van der Waals surface area (Å²) in [5.74, 6) is -10.5. The van der Waals surface area contributed by atoms with Crippen LogP contribution in [0.2, 0.25) is 0 Å². The molecule has 3 aliphatic carbocycles. The molecule has 12 atom stereocenters. The third kappa shape index (κ3) is 21.7. The van der Waals surface area contributed by atoms with E-state index in [2.05, 4.69) is 22.9 Å². The second-order valence-electron chi connectivity index (χ2n) is 33.0. The quantitative estimate of drug-likeness (QED) is 0.146. The van der Waals surface area contributed by atoms with Crippen molar-refractivity contribution in [2.75, 3.05) is 102 Å². The van der Waals surface area contributed by atoms with E-state index in [4.69, 9.17) is 21.1 Å². The summed E-state index contributed by atoms with van der Waals surface area (Å²) in [6.07, 6.45) is 2.92. The van der Waals surface area contributed by atoms with Crippen molar-refractivity contribution in [1.82, 2.24) is 60.0 Å². The minimum absolute atomic E-state index is 0.0116. The van der Waals surface area contributed by atoms with Crippen molar-refractivity contribution in [2.24, 2.45) is 40.9 Å². The Hall–Kier alpha value is -6.62. The molecular formula is C76H122ClF3N12O14. The molecule has 3 unspecified atom stereocenters. The second kappa shape index (κ2) is 37.7. The first-order valence-corrected chi connectivity index (χ1v) is 39.0. The van der Waals surface area contributed by atoms with Gasteiger partial charge in [0.1, 0.15) is 53.9 Å². The van der Waals surface area contributed by atoms with Crippen molar-refractivity contribution >= 4 is 82.5 Å². The molecule has 3 saturated heterocycles. The molecule has 0 aromatic carbocycles. The summed E-state index contributed by atoms with van der Waals surface area (Å²) in [5.41, 5.74) is -2.20. The summed E-state index contributed by atoms with van der Waals surface area (Å²) < 4.78 is 54.2. The van der Waals surface area contributed by atoms with Gasteiger partial charge in [-0.2, -0.15) is 13.2 Å². The van der Waals surface area contributed by atoms with Gasteiger partial charge in [-0.3, -0.25) is 57.5 Å². The Balaban J connectivity index is 1.32. The summed E-state index contributed by atoms with van der Waals surface area (Å²) in [4.78, 5) is 193. The molecular weight excluding hydrogens is 1400 g/mol. The summed E-state index contributed by atoms with van der Waals surface area (Å²) >= 11 is 6.46. The maximum atomic E-state index is 15.7. The van der Waals surface area contributed by atoms with E-state index in [0.29, 0.717) is 31.6 Å². The minimum Gasteiger partial charge on any atom is -0.381 e. The fourth-order valence-electron chi connectivity index (χ4n) is 17.3. The molecule has 598 valence electrons. The maximum Gasteiger partial charge on any atom is 0.393 e. The minimum atomic E-state index is -4.53. The number of hydrogen-bond acceptors (Lipinski definition) is 14. The monoisotopic (exact) mass is 1520 g/mol. The highest BCUT2D eigenvalue weighted by Gasteiger charge is 2.59. The average Bonchev–Trinajstić information content (AvgIpc) is 0.889. The summed E-state index contributed by atoms with van der Waals surface area (Å²) in [7, 11) is 11.4. The number of fused-ring (bicyclic) bond motifs is 3. The molecule has 0 aromatic heterocycles. The average molecular weight is 1520 g/mol. The third-order valence-electron chi connectivity index (χ3n) is 23.4. The predicted octanol–water partition coefficient (Wildman–Crippen LogP) is 5.76. The SMILES string of the molecule is CCC[C@H]1C(=O)N[C@@H](C2CCOCC2)C(=O)N(C)CC(=O)N(C)[C@H]2C/C=C\CCN(C2=O)[C@@H](CC2CCC(C)CC2)C(=O)N(C)CC(=O)N[C@@H](CCC2CCC(C(F)(F)F)C(Cl)C2)C(=O)N2C[C@H](OCC)C[C@H]2C(=O)NC2(CC(C)(C)C2)C(=O)N(C)[C@@H](CC(C)C)C(=O)N(C)[C@H](C(=O)N(C)C)CC(=O)N1C. The number of ether oxygens (including phenoxy) is 2.